The summed E-state index contributed by atoms with van der Waals surface area (Å²) in [7, 11) is 0. The Kier molecular flexibility index (Phi) is 21.5. The summed E-state index contributed by atoms with van der Waals surface area (Å²) in [5, 5.41) is 0. The fourth-order valence-corrected chi connectivity index (χ4v) is 4.67. The number of rotatable bonds is 24. The van der Waals surface area contributed by atoms with E-state index in [0.717, 1.165) is 31.6 Å². The molecular weight excluding hydrogens is 436 g/mol. The zero-order valence-corrected chi connectivity index (χ0v) is 24.4. The molecule has 4 nitrogen and oxygen atoms in total. The Morgan fingerprint density at radius 2 is 1.03 bits per heavy atom. The Bertz CT molecular complexity index is 510. The van der Waals surface area contributed by atoms with Gasteiger partial charge in [-0.2, -0.15) is 0 Å². The Hall–Kier alpha value is -1.06. The number of esters is 2. The van der Waals surface area contributed by atoms with Crippen LogP contribution in [-0.4, -0.2) is 25.2 Å². The van der Waals surface area contributed by atoms with Gasteiger partial charge in [0, 0.05) is 0 Å². The fourth-order valence-electron chi connectivity index (χ4n) is 4.67. The molecule has 0 amide bonds. The summed E-state index contributed by atoms with van der Waals surface area (Å²) in [4.78, 5) is 25.7. The SMILES string of the molecule is CCCCCCCCCCCCCCOC(=O)C(CC)(CC)C(=O)OCCC(C)CCCC(C)C. The molecule has 0 radical (unpaired) electrons. The minimum absolute atomic E-state index is 0.384. The van der Waals surface area contributed by atoms with E-state index in [1.807, 2.05) is 13.8 Å². The zero-order valence-electron chi connectivity index (χ0n) is 24.4. The standard InChI is InChI=1S/C31H60O4/c1-7-10-11-12-13-14-15-16-17-18-19-20-25-34-29(32)31(8-2,9-3)30(33)35-26-24-28(6)23-21-22-27(4)5/h27-28H,7-26H2,1-6H3. The monoisotopic (exact) mass is 496 g/mol. The van der Waals surface area contributed by atoms with Crippen LogP contribution in [0.15, 0.2) is 0 Å². The van der Waals surface area contributed by atoms with Gasteiger partial charge in [0.25, 0.3) is 0 Å². The Labute approximate surface area is 218 Å². The van der Waals surface area contributed by atoms with Gasteiger partial charge in [-0.15, -0.1) is 0 Å². The number of carbonyl (C=O) groups excluding carboxylic acids is 2. The third-order valence-corrected chi connectivity index (χ3v) is 7.54. The summed E-state index contributed by atoms with van der Waals surface area (Å²) in [6.45, 7) is 13.5. The topological polar surface area (TPSA) is 52.6 Å². The number of carbonyl (C=O) groups is 2. The van der Waals surface area contributed by atoms with Gasteiger partial charge < -0.3 is 9.47 Å². The normalized spacial score (nSPS) is 12.7. The molecule has 0 N–H and O–H groups in total. The van der Waals surface area contributed by atoms with Gasteiger partial charge in [-0.25, -0.2) is 0 Å². The van der Waals surface area contributed by atoms with Crippen LogP contribution in [0.3, 0.4) is 0 Å². The van der Waals surface area contributed by atoms with Crippen LogP contribution in [0.25, 0.3) is 0 Å². The molecule has 0 rings (SSSR count). The fraction of sp³-hybridized carbons (Fsp3) is 0.935. The maximum atomic E-state index is 12.9. The second-order valence-electron chi connectivity index (χ2n) is 11.2. The Balaban J connectivity index is 4.07. The highest BCUT2D eigenvalue weighted by Gasteiger charge is 2.45. The minimum atomic E-state index is -1.15. The van der Waals surface area contributed by atoms with Gasteiger partial charge in [0.05, 0.1) is 13.2 Å². The molecule has 1 atom stereocenters. The number of unbranched alkanes of at least 4 members (excludes halogenated alkanes) is 11. The van der Waals surface area contributed by atoms with Crippen molar-refractivity contribution >= 4 is 11.9 Å². The minimum Gasteiger partial charge on any atom is -0.465 e. The second kappa shape index (κ2) is 22.2. The highest BCUT2D eigenvalue weighted by atomic mass is 16.6. The first-order chi connectivity index (χ1) is 16.8. The molecular formula is C31H60O4. The molecule has 0 saturated heterocycles. The van der Waals surface area contributed by atoms with Crippen molar-refractivity contribution in [3.05, 3.63) is 0 Å². The highest BCUT2D eigenvalue weighted by molar-refractivity contribution is 5.99. The quantitative estimate of drug-likeness (QED) is 0.0758. The smallest absolute Gasteiger partial charge is 0.323 e. The van der Waals surface area contributed by atoms with Crippen LogP contribution in [-0.2, 0) is 19.1 Å². The van der Waals surface area contributed by atoms with E-state index in [2.05, 4.69) is 27.7 Å². The van der Waals surface area contributed by atoms with Gasteiger partial charge in [0.2, 0.25) is 0 Å². The Morgan fingerprint density at radius 3 is 1.49 bits per heavy atom. The Morgan fingerprint density at radius 1 is 0.571 bits per heavy atom. The molecule has 0 aromatic heterocycles. The van der Waals surface area contributed by atoms with Crippen LogP contribution in [0.2, 0.25) is 0 Å². The summed E-state index contributed by atoms with van der Waals surface area (Å²) in [6.07, 6.45) is 20.6. The first-order valence-corrected chi connectivity index (χ1v) is 15.2. The summed E-state index contributed by atoms with van der Waals surface area (Å²) in [5.41, 5.74) is -1.15. The van der Waals surface area contributed by atoms with Crippen molar-refractivity contribution in [2.45, 2.75) is 157 Å². The molecule has 0 aliphatic rings. The molecule has 0 aromatic carbocycles. The van der Waals surface area contributed by atoms with Crippen molar-refractivity contribution in [2.75, 3.05) is 13.2 Å². The molecule has 1 unspecified atom stereocenters. The molecule has 0 fully saturated rings. The molecule has 0 bridgehead atoms. The van der Waals surface area contributed by atoms with Crippen LogP contribution in [0.1, 0.15) is 157 Å². The summed E-state index contributed by atoms with van der Waals surface area (Å²) in [5.74, 6) is 0.449. The van der Waals surface area contributed by atoms with Crippen LogP contribution < -0.4 is 0 Å². The predicted molar refractivity (Wildman–Crippen MR) is 148 cm³/mol. The number of hydrogen-bond acceptors (Lipinski definition) is 4. The molecule has 0 saturated carbocycles. The molecule has 0 aliphatic carbocycles. The molecule has 0 aromatic rings. The van der Waals surface area contributed by atoms with E-state index >= 15 is 0 Å². The molecule has 0 heterocycles. The first kappa shape index (κ1) is 33.9. The molecule has 0 spiro atoms. The van der Waals surface area contributed by atoms with Crippen molar-refractivity contribution in [3.8, 4) is 0 Å². The predicted octanol–water partition coefficient (Wildman–Crippen LogP) is 9.43. The molecule has 0 aliphatic heterocycles. The highest BCUT2D eigenvalue weighted by Crippen LogP contribution is 2.30. The largest absolute Gasteiger partial charge is 0.465 e. The van der Waals surface area contributed by atoms with E-state index in [4.69, 9.17) is 9.47 Å². The lowest BCUT2D eigenvalue weighted by Crippen LogP contribution is -2.41. The molecule has 35 heavy (non-hydrogen) atoms. The van der Waals surface area contributed by atoms with Crippen molar-refractivity contribution in [1.82, 2.24) is 0 Å². The van der Waals surface area contributed by atoms with Crippen molar-refractivity contribution in [1.29, 1.82) is 0 Å². The lowest BCUT2D eigenvalue weighted by atomic mass is 9.82. The van der Waals surface area contributed by atoms with E-state index in [-0.39, 0.29) is 0 Å². The van der Waals surface area contributed by atoms with E-state index < -0.39 is 17.4 Å². The second-order valence-corrected chi connectivity index (χ2v) is 11.2. The first-order valence-electron chi connectivity index (χ1n) is 15.2. The third-order valence-electron chi connectivity index (χ3n) is 7.54. The van der Waals surface area contributed by atoms with Crippen molar-refractivity contribution in [2.24, 2.45) is 17.3 Å². The van der Waals surface area contributed by atoms with E-state index in [0.29, 0.717) is 32.0 Å². The average Bonchev–Trinajstić information content (AvgIpc) is 2.83. The van der Waals surface area contributed by atoms with Gasteiger partial charge in [0.1, 0.15) is 0 Å². The summed E-state index contributed by atoms with van der Waals surface area (Å²) >= 11 is 0. The van der Waals surface area contributed by atoms with Crippen LogP contribution in [0.5, 0.6) is 0 Å². The van der Waals surface area contributed by atoms with E-state index in [1.54, 1.807) is 0 Å². The van der Waals surface area contributed by atoms with Crippen molar-refractivity contribution < 1.29 is 19.1 Å². The lowest BCUT2D eigenvalue weighted by Gasteiger charge is -2.27. The van der Waals surface area contributed by atoms with Crippen LogP contribution >= 0.6 is 0 Å². The van der Waals surface area contributed by atoms with E-state index in [9.17, 15) is 9.59 Å². The van der Waals surface area contributed by atoms with Crippen LogP contribution in [0.4, 0.5) is 0 Å². The summed E-state index contributed by atoms with van der Waals surface area (Å²) < 4.78 is 11.2. The van der Waals surface area contributed by atoms with Gasteiger partial charge >= 0.3 is 11.9 Å². The van der Waals surface area contributed by atoms with Gasteiger partial charge in [-0.1, -0.05) is 131 Å². The molecule has 4 heteroatoms. The zero-order chi connectivity index (χ0) is 26.4. The number of hydrogen-bond donors (Lipinski definition) is 0. The van der Waals surface area contributed by atoms with E-state index in [1.165, 1.54) is 77.0 Å². The van der Waals surface area contributed by atoms with Crippen molar-refractivity contribution in [3.63, 3.8) is 0 Å². The van der Waals surface area contributed by atoms with Crippen LogP contribution in [0, 0.1) is 17.3 Å². The summed E-state index contributed by atoms with van der Waals surface area (Å²) in [6, 6.07) is 0. The van der Waals surface area contributed by atoms with Gasteiger partial charge in [0.15, 0.2) is 5.41 Å². The maximum absolute atomic E-state index is 12.9. The van der Waals surface area contributed by atoms with Gasteiger partial charge in [-0.3, -0.25) is 9.59 Å². The maximum Gasteiger partial charge on any atom is 0.323 e. The number of ether oxygens (including phenoxy) is 2. The lowest BCUT2D eigenvalue weighted by molar-refractivity contribution is -0.173. The molecule has 208 valence electrons. The third kappa shape index (κ3) is 16.3. The van der Waals surface area contributed by atoms with Gasteiger partial charge in [-0.05, 0) is 37.5 Å². The average molecular weight is 497 g/mol.